The van der Waals surface area contributed by atoms with Gasteiger partial charge in [0.05, 0.1) is 10.5 Å². The molecule has 116 valence electrons. The van der Waals surface area contributed by atoms with Gasteiger partial charge in [0.1, 0.15) is 6.10 Å². The normalized spacial score (nSPS) is 36.2. The summed E-state index contributed by atoms with van der Waals surface area (Å²) in [6, 6.07) is 0. The number of alkyl halides is 2. The van der Waals surface area contributed by atoms with E-state index in [1.807, 2.05) is 0 Å². The summed E-state index contributed by atoms with van der Waals surface area (Å²) in [5, 5.41) is 0. The number of ether oxygens (including phenoxy) is 2. The third kappa shape index (κ3) is 4.20. The highest BCUT2D eigenvalue weighted by molar-refractivity contribution is 14.1. The van der Waals surface area contributed by atoms with E-state index >= 15 is 0 Å². The lowest BCUT2D eigenvalue weighted by Crippen LogP contribution is -2.57. The van der Waals surface area contributed by atoms with Crippen LogP contribution in [0.5, 0.6) is 0 Å². The van der Waals surface area contributed by atoms with Crippen molar-refractivity contribution in [3.05, 3.63) is 0 Å². The van der Waals surface area contributed by atoms with Gasteiger partial charge in [-0.15, -0.1) is 0 Å². The van der Waals surface area contributed by atoms with Crippen molar-refractivity contribution in [1.29, 1.82) is 0 Å². The summed E-state index contributed by atoms with van der Waals surface area (Å²) in [4.78, 5) is 22.4. The quantitative estimate of drug-likeness (QED) is 0.333. The Bertz CT molecular complexity index is 397. The average Bonchev–Trinajstić information content (AvgIpc) is 2.29. The molecule has 0 aromatic carbocycles. The summed E-state index contributed by atoms with van der Waals surface area (Å²) in [6.07, 6.45) is 0.728. The first-order chi connectivity index (χ1) is 8.99. The maximum absolute atomic E-state index is 11.3. The van der Waals surface area contributed by atoms with Gasteiger partial charge in [0.2, 0.25) is 0 Å². The monoisotopic (exact) mass is 508 g/mol. The molecule has 4 nitrogen and oxygen atoms in total. The van der Waals surface area contributed by atoms with Gasteiger partial charge in [-0.25, -0.2) is 0 Å². The molecule has 0 aromatic heterocycles. The number of esters is 2. The number of hydrogen-bond acceptors (Lipinski definition) is 4. The van der Waals surface area contributed by atoms with Crippen LogP contribution in [0.2, 0.25) is 0 Å². The second-order valence-corrected chi connectivity index (χ2v) is 9.26. The highest BCUT2D eigenvalue weighted by atomic mass is 127. The minimum atomic E-state index is -0.250. The van der Waals surface area contributed by atoms with Gasteiger partial charge in [-0.05, 0) is 6.42 Å². The molecule has 4 atom stereocenters. The fraction of sp³-hybridized carbons (Fsp3) is 0.857. The van der Waals surface area contributed by atoms with E-state index in [2.05, 4.69) is 66.0 Å². The largest absolute Gasteiger partial charge is 0.465 e. The van der Waals surface area contributed by atoms with Crippen LogP contribution in [0.3, 0.4) is 0 Å². The van der Waals surface area contributed by atoms with Gasteiger partial charge in [0.25, 0.3) is 0 Å². The standard InChI is InChI=1S/C14H22I2O4/c1-8(17)19-7-14(5)6-13(3,4)12(20-9(2)18)10(15)11(14)16/h10-12H,6-7H2,1-5H3. The second-order valence-electron chi connectivity index (χ2n) is 6.48. The van der Waals surface area contributed by atoms with Gasteiger partial charge in [-0.3, -0.25) is 9.59 Å². The van der Waals surface area contributed by atoms with Crippen LogP contribution in [-0.4, -0.2) is 32.5 Å². The summed E-state index contributed by atoms with van der Waals surface area (Å²) in [5.41, 5.74) is -0.258. The lowest BCUT2D eigenvalue weighted by atomic mass is 9.63. The first-order valence-electron chi connectivity index (χ1n) is 6.58. The molecule has 0 aliphatic heterocycles. The van der Waals surface area contributed by atoms with E-state index in [0.29, 0.717) is 6.61 Å². The third-order valence-corrected chi connectivity index (χ3v) is 8.79. The summed E-state index contributed by atoms with van der Waals surface area (Å²) < 4.78 is 11.3. The molecule has 1 rings (SSSR count). The van der Waals surface area contributed by atoms with E-state index in [-0.39, 0.29) is 36.7 Å². The Labute approximate surface area is 148 Å². The van der Waals surface area contributed by atoms with Crippen molar-refractivity contribution in [2.24, 2.45) is 10.8 Å². The van der Waals surface area contributed by atoms with Crippen LogP contribution in [0.4, 0.5) is 0 Å². The molecule has 0 saturated heterocycles. The first-order valence-corrected chi connectivity index (χ1v) is 9.07. The van der Waals surface area contributed by atoms with Crippen LogP contribution in [0, 0.1) is 10.8 Å². The molecule has 1 aliphatic rings. The number of carbonyl (C=O) groups is 2. The Morgan fingerprint density at radius 2 is 1.70 bits per heavy atom. The number of hydrogen-bond donors (Lipinski definition) is 0. The Morgan fingerprint density at radius 3 is 2.15 bits per heavy atom. The van der Waals surface area contributed by atoms with Crippen molar-refractivity contribution in [3.63, 3.8) is 0 Å². The lowest BCUT2D eigenvalue weighted by molar-refractivity contribution is -0.159. The van der Waals surface area contributed by atoms with Gasteiger partial charge < -0.3 is 9.47 Å². The van der Waals surface area contributed by atoms with E-state index in [0.717, 1.165) is 6.42 Å². The van der Waals surface area contributed by atoms with Gasteiger partial charge in [0, 0.05) is 28.6 Å². The van der Waals surface area contributed by atoms with Crippen molar-refractivity contribution in [2.45, 2.75) is 55.0 Å². The molecule has 0 heterocycles. The van der Waals surface area contributed by atoms with E-state index in [1.165, 1.54) is 13.8 Å². The molecule has 1 fully saturated rings. The summed E-state index contributed by atoms with van der Waals surface area (Å²) in [7, 11) is 0. The highest BCUT2D eigenvalue weighted by Gasteiger charge is 2.54. The van der Waals surface area contributed by atoms with Crippen LogP contribution in [0.25, 0.3) is 0 Å². The Kier molecular flexibility index (Phi) is 6.14. The minimum absolute atomic E-state index is 0.113. The second kappa shape index (κ2) is 6.66. The third-order valence-electron chi connectivity index (χ3n) is 3.76. The van der Waals surface area contributed by atoms with Crippen LogP contribution < -0.4 is 0 Å². The molecule has 0 radical (unpaired) electrons. The average molecular weight is 508 g/mol. The zero-order valence-electron chi connectivity index (χ0n) is 12.5. The molecule has 0 N–H and O–H groups in total. The fourth-order valence-electron chi connectivity index (χ4n) is 3.01. The van der Waals surface area contributed by atoms with Crippen LogP contribution in [0.15, 0.2) is 0 Å². The fourth-order valence-corrected chi connectivity index (χ4v) is 5.77. The molecule has 0 spiro atoms. The smallest absolute Gasteiger partial charge is 0.302 e. The van der Waals surface area contributed by atoms with Gasteiger partial charge in [-0.2, -0.15) is 0 Å². The molecule has 1 saturated carbocycles. The SMILES string of the molecule is CC(=O)OCC1(C)CC(C)(C)C(OC(C)=O)C(I)C1I. The van der Waals surface area contributed by atoms with Crippen LogP contribution >= 0.6 is 45.2 Å². The summed E-state index contributed by atoms with van der Waals surface area (Å²) >= 11 is 4.76. The van der Waals surface area contributed by atoms with E-state index in [9.17, 15) is 9.59 Å². The Balaban J connectivity index is 2.96. The van der Waals surface area contributed by atoms with Crippen LogP contribution in [0.1, 0.15) is 41.0 Å². The lowest BCUT2D eigenvalue weighted by Gasteiger charge is -2.52. The van der Waals surface area contributed by atoms with E-state index in [4.69, 9.17) is 9.47 Å². The number of rotatable bonds is 3. The molecule has 0 aromatic rings. The predicted octanol–water partition coefficient (Wildman–Crippen LogP) is 3.52. The first kappa shape index (κ1) is 18.4. The van der Waals surface area contributed by atoms with Gasteiger partial charge in [-0.1, -0.05) is 66.0 Å². The summed E-state index contributed by atoms with van der Waals surface area (Å²) in [5.74, 6) is -0.489. The molecule has 6 heteroatoms. The van der Waals surface area contributed by atoms with E-state index < -0.39 is 0 Å². The van der Waals surface area contributed by atoms with Crippen molar-refractivity contribution in [1.82, 2.24) is 0 Å². The molecule has 1 aliphatic carbocycles. The van der Waals surface area contributed by atoms with Crippen molar-refractivity contribution in [3.8, 4) is 0 Å². The van der Waals surface area contributed by atoms with Gasteiger partial charge >= 0.3 is 11.9 Å². The maximum Gasteiger partial charge on any atom is 0.302 e. The van der Waals surface area contributed by atoms with Crippen molar-refractivity contribution >= 4 is 57.1 Å². The zero-order chi connectivity index (χ0) is 15.7. The van der Waals surface area contributed by atoms with Gasteiger partial charge in [0.15, 0.2) is 0 Å². The van der Waals surface area contributed by atoms with Crippen molar-refractivity contribution < 1.29 is 19.1 Å². The molecule has 20 heavy (non-hydrogen) atoms. The van der Waals surface area contributed by atoms with Crippen LogP contribution in [-0.2, 0) is 19.1 Å². The Hall–Kier alpha value is 0.400. The summed E-state index contributed by atoms with van der Waals surface area (Å²) in [6.45, 7) is 9.66. The number of carbonyl (C=O) groups excluding carboxylic acids is 2. The molecular weight excluding hydrogens is 486 g/mol. The maximum atomic E-state index is 11.3. The topological polar surface area (TPSA) is 52.6 Å². The zero-order valence-corrected chi connectivity index (χ0v) is 16.9. The minimum Gasteiger partial charge on any atom is -0.465 e. The molecule has 0 amide bonds. The highest BCUT2D eigenvalue weighted by Crippen LogP contribution is 2.52. The predicted molar refractivity (Wildman–Crippen MR) is 94.3 cm³/mol. The van der Waals surface area contributed by atoms with E-state index in [1.54, 1.807) is 0 Å². The molecular formula is C14H22I2O4. The molecule has 0 bridgehead atoms. The molecule has 4 unspecified atom stereocenters. The Morgan fingerprint density at radius 1 is 1.15 bits per heavy atom. The van der Waals surface area contributed by atoms with Crippen molar-refractivity contribution in [2.75, 3.05) is 6.61 Å². The number of halogens is 2.